The Kier molecular flexibility index (Phi) is 7.38. The molecule has 0 radical (unpaired) electrons. The van der Waals surface area contributed by atoms with Crippen LogP contribution in [0.4, 0.5) is 0 Å². The second kappa shape index (κ2) is 10.4. The third-order valence-corrected chi connectivity index (χ3v) is 5.97. The first-order chi connectivity index (χ1) is 14.3. The van der Waals surface area contributed by atoms with E-state index in [1.54, 1.807) is 0 Å². The molecule has 3 heterocycles. The Morgan fingerprint density at radius 2 is 1.86 bits per heavy atom. The summed E-state index contributed by atoms with van der Waals surface area (Å²) in [5, 5.41) is 0. The van der Waals surface area contributed by atoms with Crippen molar-refractivity contribution in [2.24, 2.45) is 0 Å². The van der Waals surface area contributed by atoms with Gasteiger partial charge >= 0.3 is 0 Å². The summed E-state index contributed by atoms with van der Waals surface area (Å²) in [7, 11) is 0. The van der Waals surface area contributed by atoms with E-state index in [1.165, 1.54) is 5.56 Å². The van der Waals surface area contributed by atoms with Gasteiger partial charge in [0.15, 0.2) is 0 Å². The molecule has 29 heavy (non-hydrogen) atoms. The molecule has 0 aliphatic carbocycles. The van der Waals surface area contributed by atoms with E-state index in [2.05, 4.69) is 28.0 Å². The van der Waals surface area contributed by atoms with Gasteiger partial charge in [-0.1, -0.05) is 12.1 Å². The molecule has 0 bridgehead atoms. The Morgan fingerprint density at radius 3 is 2.62 bits per heavy atom. The van der Waals surface area contributed by atoms with Gasteiger partial charge in [0.1, 0.15) is 18.5 Å². The van der Waals surface area contributed by atoms with Crippen molar-refractivity contribution in [2.45, 2.75) is 25.5 Å². The SMILES string of the molecule is O=C([C@@H]1CCCO1)N1CCN(CCOc2cccc(CN3CCOCC3)c2)CC1. The second-order valence-corrected chi connectivity index (χ2v) is 8.05. The van der Waals surface area contributed by atoms with Crippen LogP contribution in [0, 0.1) is 0 Å². The molecule has 3 aliphatic rings. The fraction of sp³-hybridized carbons (Fsp3) is 0.682. The molecular formula is C22H33N3O4. The molecular weight excluding hydrogens is 370 g/mol. The Labute approximate surface area is 173 Å². The quantitative estimate of drug-likeness (QED) is 0.683. The van der Waals surface area contributed by atoms with Gasteiger partial charge in [0.2, 0.25) is 0 Å². The normalized spacial score (nSPS) is 24.0. The van der Waals surface area contributed by atoms with Crippen LogP contribution in [0.2, 0.25) is 0 Å². The van der Waals surface area contributed by atoms with Crippen molar-refractivity contribution in [1.82, 2.24) is 14.7 Å². The number of nitrogens with zero attached hydrogens (tertiary/aromatic N) is 3. The summed E-state index contributed by atoms with van der Waals surface area (Å²) >= 11 is 0. The van der Waals surface area contributed by atoms with Crippen LogP contribution in [0.1, 0.15) is 18.4 Å². The second-order valence-electron chi connectivity index (χ2n) is 8.05. The van der Waals surface area contributed by atoms with E-state index >= 15 is 0 Å². The number of ether oxygens (including phenoxy) is 3. The lowest BCUT2D eigenvalue weighted by molar-refractivity contribution is -0.142. The monoisotopic (exact) mass is 403 g/mol. The van der Waals surface area contributed by atoms with Gasteiger partial charge in [-0.15, -0.1) is 0 Å². The van der Waals surface area contributed by atoms with Gasteiger partial charge in [0, 0.05) is 59.0 Å². The summed E-state index contributed by atoms with van der Waals surface area (Å²) in [4.78, 5) is 19.2. The van der Waals surface area contributed by atoms with E-state index in [0.717, 1.165) is 90.8 Å². The van der Waals surface area contributed by atoms with Crippen LogP contribution in [0.5, 0.6) is 5.75 Å². The number of rotatable bonds is 7. The van der Waals surface area contributed by atoms with E-state index in [4.69, 9.17) is 14.2 Å². The Balaban J connectivity index is 1.16. The molecule has 0 N–H and O–H groups in total. The van der Waals surface area contributed by atoms with Gasteiger partial charge in [0.25, 0.3) is 5.91 Å². The maximum Gasteiger partial charge on any atom is 0.251 e. The number of piperazine rings is 1. The number of carbonyl (C=O) groups is 1. The molecule has 1 aromatic rings. The number of morpholine rings is 1. The summed E-state index contributed by atoms with van der Waals surface area (Å²) in [6, 6.07) is 8.40. The van der Waals surface area contributed by atoms with Crippen LogP contribution in [0.3, 0.4) is 0 Å². The molecule has 4 rings (SSSR count). The molecule has 1 amide bonds. The van der Waals surface area contributed by atoms with Crippen LogP contribution < -0.4 is 4.74 Å². The minimum atomic E-state index is -0.199. The molecule has 7 nitrogen and oxygen atoms in total. The van der Waals surface area contributed by atoms with Gasteiger partial charge < -0.3 is 19.1 Å². The third-order valence-electron chi connectivity index (χ3n) is 5.97. The average molecular weight is 404 g/mol. The van der Waals surface area contributed by atoms with Crippen LogP contribution >= 0.6 is 0 Å². The number of benzene rings is 1. The van der Waals surface area contributed by atoms with Crippen molar-refractivity contribution in [3.8, 4) is 5.75 Å². The fourth-order valence-corrected chi connectivity index (χ4v) is 4.21. The first-order valence-electron chi connectivity index (χ1n) is 10.9. The summed E-state index contributed by atoms with van der Waals surface area (Å²) in [5.41, 5.74) is 1.28. The highest BCUT2D eigenvalue weighted by Crippen LogP contribution is 2.17. The Hall–Kier alpha value is -1.67. The maximum absolute atomic E-state index is 12.4. The van der Waals surface area contributed by atoms with Gasteiger partial charge in [0.05, 0.1) is 13.2 Å². The lowest BCUT2D eigenvalue weighted by Gasteiger charge is -2.35. The molecule has 3 aliphatic heterocycles. The fourth-order valence-electron chi connectivity index (χ4n) is 4.21. The topological polar surface area (TPSA) is 54.5 Å². The minimum Gasteiger partial charge on any atom is -0.492 e. The van der Waals surface area contributed by atoms with Crippen LogP contribution in [0.25, 0.3) is 0 Å². The first-order valence-corrected chi connectivity index (χ1v) is 10.9. The summed E-state index contributed by atoms with van der Waals surface area (Å²) in [6.07, 6.45) is 1.67. The van der Waals surface area contributed by atoms with Gasteiger partial charge in [-0.2, -0.15) is 0 Å². The molecule has 0 spiro atoms. The highest BCUT2D eigenvalue weighted by Gasteiger charge is 2.30. The number of hydrogen-bond acceptors (Lipinski definition) is 6. The molecule has 160 valence electrons. The average Bonchev–Trinajstić information content (AvgIpc) is 3.30. The highest BCUT2D eigenvalue weighted by atomic mass is 16.5. The van der Waals surface area contributed by atoms with Crippen LogP contribution in [-0.2, 0) is 20.8 Å². The first kappa shape index (κ1) is 20.6. The van der Waals surface area contributed by atoms with Gasteiger partial charge in [-0.3, -0.25) is 14.6 Å². The van der Waals surface area contributed by atoms with E-state index in [0.29, 0.717) is 6.61 Å². The van der Waals surface area contributed by atoms with Crippen molar-refractivity contribution < 1.29 is 19.0 Å². The lowest BCUT2D eigenvalue weighted by Crippen LogP contribution is -2.52. The van der Waals surface area contributed by atoms with Gasteiger partial charge in [-0.25, -0.2) is 0 Å². The standard InChI is InChI=1S/C22H33N3O4/c26-22(21-5-2-13-29-21)25-8-6-23(7-9-25)12-16-28-20-4-1-3-19(17-20)18-24-10-14-27-15-11-24/h1,3-4,17,21H,2,5-16,18H2/t21-/m0/s1. The highest BCUT2D eigenvalue weighted by molar-refractivity contribution is 5.81. The van der Waals surface area contributed by atoms with Crippen molar-refractivity contribution in [3.05, 3.63) is 29.8 Å². The van der Waals surface area contributed by atoms with E-state index in [1.807, 2.05) is 11.0 Å². The maximum atomic E-state index is 12.4. The minimum absolute atomic E-state index is 0.176. The zero-order chi connectivity index (χ0) is 19.9. The summed E-state index contributed by atoms with van der Waals surface area (Å²) < 4.78 is 17.0. The van der Waals surface area contributed by atoms with E-state index in [9.17, 15) is 4.79 Å². The zero-order valence-electron chi connectivity index (χ0n) is 17.3. The van der Waals surface area contributed by atoms with E-state index in [-0.39, 0.29) is 12.0 Å². The largest absolute Gasteiger partial charge is 0.492 e. The predicted octanol–water partition coefficient (Wildman–Crippen LogP) is 1.22. The Bertz CT molecular complexity index is 651. The van der Waals surface area contributed by atoms with E-state index < -0.39 is 0 Å². The summed E-state index contributed by atoms with van der Waals surface area (Å²) in [6.45, 7) is 10.2. The third kappa shape index (κ3) is 5.92. The number of hydrogen-bond donors (Lipinski definition) is 0. The molecule has 0 aromatic heterocycles. The van der Waals surface area contributed by atoms with Crippen molar-refractivity contribution in [1.29, 1.82) is 0 Å². The molecule has 0 unspecified atom stereocenters. The zero-order valence-corrected chi connectivity index (χ0v) is 17.3. The Morgan fingerprint density at radius 1 is 1.03 bits per heavy atom. The number of amides is 1. The predicted molar refractivity (Wildman–Crippen MR) is 110 cm³/mol. The summed E-state index contributed by atoms with van der Waals surface area (Å²) in [5.74, 6) is 1.11. The molecule has 3 saturated heterocycles. The molecule has 3 fully saturated rings. The van der Waals surface area contributed by atoms with Gasteiger partial charge in [-0.05, 0) is 30.5 Å². The smallest absolute Gasteiger partial charge is 0.251 e. The van der Waals surface area contributed by atoms with Crippen molar-refractivity contribution in [3.63, 3.8) is 0 Å². The molecule has 0 saturated carbocycles. The number of carbonyl (C=O) groups excluding carboxylic acids is 1. The van der Waals surface area contributed by atoms with Crippen molar-refractivity contribution in [2.75, 3.05) is 72.2 Å². The van der Waals surface area contributed by atoms with Crippen LogP contribution in [-0.4, -0.2) is 99.0 Å². The molecule has 7 heteroatoms. The van der Waals surface area contributed by atoms with Crippen LogP contribution in [0.15, 0.2) is 24.3 Å². The molecule has 1 aromatic carbocycles. The molecule has 1 atom stereocenters. The van der Waals surface area contributed by atoms with Crippen molar-refractivity contribution >= 4 is 5.91 Å². The lowest BCUT2D eigenvalue weighted by atomic mass is 10.2.